The van der Waals surface area contributed by atoms with Crippen LogP contribution < -0.4 is 5.32 Å². The van der Waals surface area contributed by atoms with Crippen LogP contribution in [0.25, 0.3) is 0 Å². The number of hydrogen-bond donors (Lipinski definition) is 1. The zero-order chi connectivity index (χ0) is 13.9. The molecule has 1 fully saturated rings. The molecule has 1 aliphatic rings. The van der Waals surface area contributed by atoms with Crippen LogP contribution in [0.2, 0.25) is 10.0 Å². The van der Waals surface area contributed by atoms with Crippen LogP contribution in [0.5, 0.6) is 0 Å². The van der Waals surface area contributed by atoms with Crippen molar-refractivity contribution in [2.24, 2.45) is 0 Å². The Balaban J connectivity index is 2.00. The molecule has 0 radical (unpaired) electrons. The van der Waals surface area contributed by atoms with Gasteiger partial charge in [-0.2, -0.15) is 11.8 Å². The van der Waals surface area contributed by atoms with Gasteiger partial charge >= 0.3 is 0 Å². The van der Waals surface area contributed by atoms with Gasteiger partial charge in [0.1, 0.15) is 0 Å². The first-order valence-corrected chi connectivity index (χ1v) is 8.78. The summed E-state index contributed by atoms with van der Waals surface area (Å²) < 4.78 is 0.416. The molecule has 0 aromatic heterocycles. The van der Waals surface area contributed by atoms with Gasteiger partial charge in [-0.3, -0.25) is 0 Å². The van der Waals surface area contributed by atoms with Crippen molar-refractivity contribution in [3.05, 3.63) is 33.8 Å². The van der Waals surface area contributed by atoms with E-state index in [1.54, 1.807) is 0 Å². The predicted octanol–water partition coefficient (Wildman–Crippen LogP) is 5.32. The molecule has 0 spiro atoms. The van der Waals surface area contributed by atoms with Crippen LogP contribution >= 0.6 is 35.0 Å². The number of halogens is 2. The van der Waals surface area contributed by atoms with Gasteiger partial charge in [-0.25, -0.2) is 0 Å². The fourth-order valence-corrected chi connectivity index (χ4v) is 4.15. The number of nitrogens with one attached hydrogen (secondary N) is 1. The van der Waals surface area contributed by atoms with Crippen LogP contribution in [0.4, 0.5) is 0 Å². The lowest BCUT2D eigenvalue weighted by Crippen LogP contribution is -2.36. The minimum absolute atomic E-state index is 0.232. The van der Waals surface area contributed by atoms with E-state index in [1.807, 2.05) is 30.0 Å². The van der Waals surface area contributed by atoms with Crippen molar-refractivity contribution < 1.29 is 0 Å². The monoisotopic (exact) mass is 317 g/mol. The summed E-state index contributed by atoms with van der Waals surface area (Å²) in [5.74, 6) is 0. The Hall–Kier alpha value is 0.110. The second-order valence-electron chi connectivity index (χ2n) is 5.36. The quantitative estimate of drug-likeness (QED) is 0.788. The van der Waals surface area contributed by atoms with Crippen molar-refractivity contribution in [1.82, 2.24) is 5.32 Å². The van der Waals surface area contributed by atoms with Gasteiger partial charge in [0.15, 0.2) is 0 Å². The third-order valence-corrected chi connectivity index (χ3v) is 6.10. The lowest BCUT2D eigenvalue weighted by atomic mass is 10.0. The molecule has 106 valence electrons. The molecule has 0 amide bonds. The zero-order valence-electron chi connectivity index (χ0n) is 11.5. The first-order valence-electron chi connectivity index (χ1n) is 6.80. The van der Waals surface area contributed by atoms with E-state index in [-0.39, 0.29) is 6.04 Å². The molecule has 0 saturated heterocycles. The highest BCUT2D eigenvalue weighted by atomic mass is 35.5. The van der Waals surface area contributed by atoms with Crippen LogP contribution in [0.1, 0.15) is 44.2 Å². The SMILES string of the molecule is CSC1(CNC(C)c2cc(Cl)ccc2Cl)CCCC1. The molecule has 1 atom stereocenters. The van der Waals surface area contributed by atoms with E-state index in [2.05, 4.69) is 18.5 Å². The van der Waals surface area contributed by atoms with Crippen molar-refractivity contribution in [2.75, 3.05) is 12.8 Å². The van der Waals surface area contributed by atoms with E-state index in [1.165, 1.54) is 25.7 Å². The van der Waals surface area contributed by atoms with Crippen LogP contribution in [-0.2, 0) is 0 Å². The maximum absolute atomic E-state index is 6.25. The Labute approximate surface area is 130 Å². The van der Waals surface area contributed by atoms with Crippen LogP contribution in [0.3, 0.4) is 0 Å². The van der Waals surface area contributed by atoms with E-state index < -0.39 is 0 Å². The maximum atomic E-state index is 6.25. The zero-order valence-corrected chi connectivity index (χ0v) is 13.8. The molecule has 1 aliphatic carbocycles. The normalized spacial score (nSPS) is 19.6. The molecule has 1 N–H and O–H groups in total. The van der Waals surface area contributed by atoms with Gasteiger partial charge in [-0.05, 0) is 49.8 Å². The lowest BCUT2D eigenvalue weighted by molar-refractivity contribution is 0.487. The summed E-state index contributed by atoms with van der Waals surface area (Å²) in [4.78, 5) is 0. The van der Waals surface area contributed by atoms with Crippen LogP contribution in [0.15, 0.2) is 18.2 Å². The molecular weight excluding hydrogens is 297 g/mol. The van der Waals surface area contributed by atoms with Crippen molar-refractivity contribution in [3.8, 4) is 0 Å². The average Bonchev–Trinajstić information content (AvgIpc) is 2.88. The predicted molar refractivity (Wildman–Crippen MR) is 87.6 cm³/mol. The topological polar surface area (TPSA) is 12.0 Å². The number of hydrogen-bond acceptors (Lipinski definition) is 2. The summed E-state index contributed by atoms with van der Waals surface area (Å²) in [6.07, 6.45) is 7.57. The molecular formula is C15H21Cl2NS. The molecule has 1 unspecified atom stereocenters. The Morgan fingerprint density at radius 3 is 2.63 bits per heavy atom. The molecule has 4 heteroatoms. The second-order valence-corrected chi connectivity index (χ2v) is 7.48. The van der Waals surface area contributed by atoms with Crippen molar-refractivity contribution >= 4 is 35.0 Å². The van der Waals surface area contributed by atoms with Gasteiger partial charge in [0.05, 0.1) is 0 Å². The molecule has 0 aliphatic heterocycles. The third kappa shape index (κ3) is 3.81. The molecule has 0 heterocycles. The fourth-order valence-electron chi connectivity index (χ4n) is 2.77. The Morgan fingerprint density at radius 1 is 1.32 bits per heavy atom. The Bertz CT molecular complexity index is 430. The molecule has 1 aromatic rings. The molecule has 1 aromatic carbocycles. The first kappa shape index (κ1) is 15.5. The van der Waals surface area contributed by atoms with E-state index in [0.717, 1.165) is 22.2 Å². The van der Waals surface area contributed by atoms with Crippen molar-refractivity contribution in [2.45, 2.75) is 43.4 Å². The van der Waals surface area contributed by atoms with E-state index in [0.29, 0.717) is 4.75 Å². The number of rotatable bonds is 5. The van der Waals surface area contributed by atoms with Crippen LogP contribution in [0, 0.1) is 0 Å². The van der Waals surface area contributed by atoms with E-state index >= 15 is 0 Å². The van der Waals surface area contributed by atoms with Gasteiger partial charge in [-0.1, -0.05) is 36.0 Å². The van der Waals surface area contributed by atoms with E-state index in [4.69, 9.17) is 23.2 Å². The Morgan fingerprint density at radius 2 is 2.00 bits per heavy atom. The Kier molecular flexibility index (Phi) is 5.47. The smallest absolute Gasteiger partial charge is 0.0454 e. The molecule has 0 bridgehead atoms. The van der Waals surface area contributed by atoms with Crippen molar-refractivity contribution in [1.29, 1.82) is 0 Å². The summed E-state index contributed by atoms with van der Waals surface area (Å²) >= 11 is 14.3. The highest BCUT2D eigenvalue weighted by molar-refractivity contribution is 8.00. The summed E-state index contributed by atoms with van der Waals surface area (Å²) in [6.45, 7) is 3.19. The standard InChI is InChI=1S/C15H21Cl2NS/c1-11(13-9-12(16)5-6-14(13)17)18-10-15(19-2)7-3-4-8-15/h5-6,9,11,18H,3-4,7-8,10H2,1-2H3. The lowest BCUT2D eigenvalue weighted by Gasteiger charge is -2.29. The molecule has 2 rings (SSSR count). The van der Waals surface area contributed by atoms with Crippen LogP contribution in [-0.4, -0.2) is 17.5 Å². The summed E-state index contributed by atoms with van der Waals surface area (Å²) in [7, 11) is 0. The van der Waals surface area contributed by atoms with Gasteiger partial charge in [-0.15, -0.1) is 0 Å². The van der Waals surface area contributed by atoms with Gasteiger partial charge in [0.2, 0.25) is 0 Å². The first-order chi connectivity index (χ1) is 9.06. The minimum Gasteiger partial charge on any atom is -0.309 e. The van der Waals surface area contributed by atoms with Gasteiger partial charge in [0.25, 0.3) is 0 Å². The summed E-state index contributed by atoms with van der Waals surface area (Å²) in [6, 6.07) is 5.90. The highest BCUT2D eigenvalue weighted by Gasteiger charge is 2.33. The van der Waals surface area contributed by atoms with E-state index in [9.17, 15) is 0 Å². The highest BCUT2D eigenvalue weighted by Crippen LogP contribution is 2.40. The van der Waals surface area contributed by atoms with Gasteiger partial charge < -0.3 is 5.32 Å². The minimum atomic E-state index is 0.232. The number of benzene rings is 1. The number of thioether (sulfide) groups is 1. The average molecular weight is 318 g/mol. The fraction of sp³-hybridized carbons (Fsp3) is 0.600. The van der Waals surface area contributed by atoms with Crippen molar-refractivity contribution in [3.63, 3.8) is 0 Å². The summed E-state index contributed by atoms with van der Waals surface area (Å²) in [5.41, 5.74) is 1.09. The summed E-state index contributed by atoms with van der Waals surface area (Å²) in [5, 5.41) is 5.17. The molecule has 1 nitrogen and oxygen atoms in total. The molecule has 19 heavy (non-hydrogen) atoms. The van der Waals surface area contributed by atoms with Gasteiger partial charge in [0, 0.05) is 27.4 Å². The molecule has 1 saturated carbocycles. The largest absolute Gasteiger partial charge is 0.309 e. The second kappa shape index (κ2) is 6.71. The third-order valence-electron chi connectivity index (χ3n) is 4.10. The maximum Gasteiger partial charge on any atom is 0.0454 e.